The summed E-state index contributed by atoms with van der Waals surface area (Å²) in [6.07, 6.45) is 0. The second kappa shape index (κ2) is 9.47. The van der Waals surface area contributed by atoms with E-state index in [2.05, 4.69) is 0 Å². The highest BCUT2D eigenvalue weighted by Gasteiger charge is 2.43. The van der Waals surface area contributed by atoms with Crippen molar-refractivity contribution in [1.29, 1.82) is 0 Å². The van der Waals surface area contributed by atoms with E-state index < -0.39 is 6.04 Å². The van der Waals surface area contributed by atoms with E-state index in [1.54, 1.807) is 49.5 Å². The average molecular weight is 461 g/mol. The van der Waals surface area contributed by atoms with Gasteiger partial charge in [-0.3, -0.25) is 19.4 Å². The normalized spacial score (nSPS) is 16.0. The lowest BCUT2D eigenvalue weighted by atomic mass is 9.97. The Morgan fingerprint density at radius 3 is 2.03 bits per heavy atom. The maximum atomic E-state index is 14.0. The highest BCUT2D eigenvalue weighted by Crippen LogP contribution is 2.40. The fourth-order valence-corrected chi connectivity index (χ4v) is 4.33. The van der Waals surface area contributed by atoms with E-state index in [4.69, 9.17) is 14.2 Å². The van der Waals surface area contributed by atoms with Crippen LogP contribution in [0.5, 0.6) is 17.2 Å². The highest BCUT2D eigenvalue weighted by molar-refractivity contribution is 6.15. The van der Waals surface area contributed by atoms with Gasteiger partial charge in [-0.2, -0.15) is 0 Å². The number of methoxy groups -OCH3 is 3. The SMILES string of the molecule is COc1ccc([C@@H]2C(=O)N(c3ccc(OC)cc3OC)CC(=O)N2c2ccc(C)cc2C)cc1. The van der Waals surface area contributed by atoms with Crippen LogP contribution in [0.1, 0.15) is 22.7 Å². The molecule has 1 fully saturated rings. The molecular weight excluding hydrogens is 432 g/mol. The summed E-state index contributed by atoms with van der Waals surface area (Å²) in [6.45, 7) is 3.84. The molecule has 1 aliphatic rings. The van der Waals surface area contributed by atoms with Gasteiger partial charge in [-0.25, -0.2) is 0 Å². The number of amides is 2. The summed E-state index contributed by atoms with van der Waals surface area (Å²) < 4.78 is 16.1. The molecule has 0 radical (unpaired) electrons. The molecule has 1 aliphatic heterocycles. The second-order valence-electron chi connectivity index (χ2n) is 8.19. The van der Waals surface area contributed by atoms with Gasteiger partial charge in [0.15, 0.2) is 0 Å². The minimum Gasteiger partial charge on any atom is -0.497 e. The zero-order valence-electron chi connectivity index (χ0n) is 20.0. The van der Waals surface area contributed by atoms with Crippen molar-refractivity contribution in [2.75, 3.05) is 37.7 Å². The fourth-order valence-electron chi connectivity index (χ4n) is 4.33. The lowest BCUT2D eigenvalue weighted by molar-refractivity contribution is -0.128. The van der Waals surface area contributed by atoms with Crippen molar-refractivity contribution in [2.45, 2.75) is 19.9 Å². The molecule has 0 aliphatic carbocycles. The molecule has 2 amide bonds. The van der Waals surface area contributed by atoms with Gasteiger partial charge in [-0.05, 0) is 55.3 Å². The summed E-state index contributed by atoms with van der Waals surface area (Å²) in [5.41, 5.74) is 3.93. The number of nitrogens with zero attached hydrogens (tertiary/aromatic N) is 2. The van der Waals surface area contributed by atoms with Crippen molar-refractivity contribution in [3.63, 3.8) is 0 Å². The van der Waals surface area contributed by atoms with Gasteiger partial charge >= 0.3 is 0 Å². The first-order valence-electron chi connectivity index (χ1n) is 10.9. The topological polar surface area (TPSA) is 68.3 Å². The van der Waals surface area contributed by atoms with E-state index in [0.717, 1.165) is 11.1 Å². The van der Waals surface area contributed by atoms with Gasteiger partial charge in [0.25, 0.3) is 5.91 Å². The molecule has 1 saturated heterocycles. The molecule has 7 heteroatoms. The predicted molar refractivity (Wildman–Crippen MR) is 131 cm³/mol. The zero-order chi connectivity index (χ0) is 24.4. The largest absolute Gasteiger partial charge is 0.497 e. The monoisotopic (exact) mass is 460 g/mol. The van der Waals surface area contributed by atoms with Crippen LogP contribution in [-0.2, 0) is 9.59 Å². The molecule has 176 valence electrons. The third kappa shape index (κ3) is 4.17. The first-order valence-corrected chi connectivity index (χ1v) is 10.9. The molecule has 0 N–H and O–H groups in total. The van der Waals surface area contributed by atoms with Crippen molar-refractivity contribution in [2.24, 2.45) is 0 Å². The molecule has 34 heavy (non-hydrogen) atoms. The second-order valence-corrected chi connectivity index (χ2v) is 8.19. The number of ether oxygens (including phenoxy) is 3. The maximum absolute atomic E-state index is 14.0. The molecule has 3 aromatic carbocycles. The number of piperazine rings is 1. The fraction of sp³-hybridized carbons (Fsp3) is 0.259. The van der Waals surface area contributed by atoms with Crippen LogP contribution in [0.15, 0.2) is 60.7 Å². The standard InChI is InChI=1S/C27H28N2O5/c1-17-6-12-22(18(2)14-17)29-25(30)16-28(23-13-11-21(33-4)15-24(23)34-5)27(31)26(29)19-7-9-20(32-3)10-8-19/h6-15,26H,16H2,1-5H3/t26-/m1/s1. The molecule has 0 saturated carbocycles. The Kier molecular flexibility index (Phi) is 6.45. The van der Waals surface area contributed by atoms with Gasteiger partial charge in [0.2, 0.25) is 5.91 Å². The summed E-state index contributed by atoms with van der Waals surface area (Å²) in [5, 5.41) is 0. The van der Waals surface area contributed by atoms with Crippen LogP contribution in [0, 0.1) is 13.8 Å². The van der Waals surface area contributed by atoms with Gasteiger partial charge in [0.05, 0.1) is 27.0 Å². The van der Waals surface area contributed by atoms with Crippen LogP contribution in [-0.4, -0.2) is 39.7 Å². The molecule has 0 spiro atoms. The van der Waals surface area contributed by atoms with Gasteiger partial charge in [-0.15, -0.1) is 0 Å². The molecule has 1 heterocycles. The van der Waals surface area contributed by atoms with E-state index >= 15 is 0 Å². The summed E-state index contributed by atoms with van der Waals surface area (Å²) in [5.74, 6) is 1.30. The number of rotatable bonds is 6. The summed E-state index contributed by atoms with van der Waals surface area (Å²) in [7, 11) is 4.67. The summed E-state index contributed by atoms with van der Waals surface area (Å²) >= 11 is 0. The van der Waals surface area contributed by atoms with E-state index in [-0.39, 0.29) is 18.4 Å². The van der Waals surface area contributed by atoms with Gasteiger partial charge in [0, 0.05) is 11.8 Å². The average Bonchev–Trinajstić information content (AvgIpc) is 2.85. The van der Waals surface area contributed by atoms with Crippen molar-refractivity contribution in [1.82, 2.24) is 0 Å². The van der Waals surface area contributed by atoms with Crippen molar-refractivity contribution in [3.8, 4) is 17.2 Å². The van der Waals surface area contributed by atoms with E-state index in [0.29, 0.717) is 34.2 Å². The molecule has 4 rings (SSSR count). The molecular formula is C27H28N2O5. The molecule has 1 atom stereocenters. The lowest BCUT2D eigenvalue weighted by Crippen LogP contribution is -2.56. The minimum atomic E-state index is -0.847. The first-order chi connectivity index (χ1) is 16.4. The van der Waals surface area contributed by atoms with Crippen LogP contribution in [0.3, 0.4) is 0 Å². The van der Waals surface area contributed by atoms with Crippen LogP contribution in [0.4, 0.5) is 11.4 Å². The Labute approximate surface area is 199 Å². The van der Waals surface area contributed by atoms with E-state index in [9.17, 15) is 9.59 Å². The number of hydrogen-bond acceptors (Lipinski definition) is 5. The lowest BCUT2D eigenvalue weighted by Gasteiger charge is -2.41. The quantitative estimate of drug-likeness (QED) is 0.544. The Balaban J connectivity index is 1.84. The summed E-state index contributed by atoms with van der Waals surface area (Å²) in [4.78, 5) is 30.7. The highest BCUT2D eigenvalue weighted by atomic mass is 16.5. The predicted octanol–water partition coefficient (Wildman–Crippen LogP) is 4.45. The number of carbonyl (C=O) groups is 2. The zero-order valence-corrected chi connectivity index (χ0v) is 20.0. The van der Waals surface area contributed by atoms with Crippen molar-refractivity contribution < 1.29 is 23.8 Å². The van der Waals surface area contributed by atoms with Gasteiger partial charge in [-0.1, -0.05) is 29.8 Å². The van der Waals surface area contributed by atoms with Crippen molar-refractivity contribution in [3.05, 3.63) is 77.4 Å². The molecule has 7 nitrogen and oxygen atoms in total. The Morgan fingerprint density at radius 2 is 1.41 bits per heavy atom. The van der Waals surface area contributed by atoms with Crippen LogP contribution >= 0.6 is 0 Å². The maximum Gasteiger partial charge on any atom is 0.255 e. The smallest absolute Gasteiger partial charge is 0.255 e. The van der Waals surface area contributed by atoms with Crippen molar-refractivity contribution >= 4 is 23.2 Å². The Bertz CT molecular complexity index is 1220. The van der Waals surface area contributed by atoms with Crippen LogP contribution < -0.4 is 24.0 Å². The molecule has 0 bridgehead atoms. The van der Waals surface area contributed by atoms with Gasteiger partial charge in [0.1, 0.15) is 29.8 Å². The number of anilines is 2. The van der Waals surface area contributed by atoms with E-state index in [1.165, 1.54) is 12.0 Å². The van der Waals surface area contributed by atoms with Crippen LogP contribution in [0.25, 0.3) is 0 Å². The molecule has 0 unspecified atom stereocenters. The minimum absolute atomic E-state index is 0.110. The first kappa shape index (κ1) is 23.2. The molecule has 3 aromatic rings. The summed E-state index contributed by atoms with van der Waals surface area (Å²) in [6, 6.07) is 17.4. The van der Waals surface area contributed by atoms with E-state index in [1.807, 2.05) is 44.2 Å². The number of hydrogen-bond donors (Lipinski definition) is 0. The molecule has 0 aromatic heterocycles. The van der Waals surface area contributed by atoms with Crippen LogP contribution in [0.2, 0.25) is 0 Å². The number of benzene rings is 3. The third-order valence-corrected chi connectivity index (χ3v) is 6.04. The Morgan fingerprint density at radius 1 is 0.765 bits per heavy atom. The van der Waals surface area contributed by atoms with Gasteiger partial charge < -0.3 is 14.2 Å². The number of carbonyl (C=O) groups excluding carboxylic acids is 2. The third-order valence-electron chi connectivity index (χ3n) is 6.04. The number of aryl methyl sites for hydroxylation is 2. The Hall–Kier alpha value is -4.00.